The van der Waals surface area contributed by atoms with Gasteiger partial charge in [0.05, 0.1) is 11.1 Å². The van der Waals surface area contributed by atoms with Gasteiger partial charge in [0.1, 0.15) is 34.6 Å². The second-order valence-corrected chi connectivity index (χ2v) is 7.39. The zero-order valence-electron chi connectivity index (χ0n) is 20.6. The van der Waals surface area contributed by atoms with E-state index in [2.05, 4.69) is 22.6 Å². The van der Waals surface area contributed by atoms with Gasteiger partial charge in [0, 0.05) is 24.3 Å². The zero-order valence-corrected chi connectivity index (χ0v) is 20.6. The van der Waals surface area contributed by atoms with Gasteiger partial charge in [-0.15, -0.1) is 0 Å². The summed E-state index contributed by atoms with van der Waals surface area (Å²) >= 11 is 0. The van der Waals surface area contributed by atoms with Gasteiger partial charge >= 0.3 is 23.9 Å². The first-order chi connectivity index (χ1) is 19.2. The molecular weight excluding hydrogens is 534 g/mol. The third kappa shape index (κ3) is 8.25. The van der Waals surface area contributed by atoms with Crippen molar-refractivity contribution in [2.75, 3.05) is 13.6 Å². The Morgan fingerprint density at radius 1 is 0.600 bits per heavy atom. The molecule has 0 saturated heterocycles. The molecule has 0 unspecified atom stereocenters. The predicted molar refractivity (Wildman–Crippen MR) is 133 cm³/mol. The van der Waals surface area contributed by atoms with Crippen LogP contribution in [0.4, 0.5) is 8.78 Å². The number of hydrogen-bond acceptors (Lipinski definition) is 10. The van der Waals surface area contributed by atoms with Gasteiger partial charge in [-0.05, 0) is 48.5 Å². The summed E-state index contributed by atoms with van der Waals surface area (Å²) in [5, 5.41) is 0. The van der Waals surface area contributed by atoms with E-state index >= 15 is 0 Å². The Kier molecular flexibility index (Phi) is 10.1. The molecule has 0 saturated carbocycles. The van der Waals surface area contributed by atoms with Gasteiger partial charge in [-0.2, -0.15) is 0 Å². The van der Waals surface area contributed by atoms with E-state index in [0.29, 0.717) is 0 Å². The van der Waals surface area contributed by atoms with Gasteiger partial charge in [0.15, 0.2) is 0 Å². The number of carbonyl (C=O) groups is 4. The van der Waals surface area contributed by atoms with Gasteiger partial charge < -0.3 is 28.4 Å². The Morgan fingerprint density at radius 2 is 0.950 bits per heavy atom. The van der Waals surface area contributed by atoms with Crippen LogP contribution < -0.4 is 18.9 Å². The molecular formula is C28H20F2O10. The lowest BCUT2D eigenvalue weighted by Gasteiger charge is -2.10. The van der Waals surface area contributed by atoms with E-state index in [4.69, 9.17) is 18.9 Å². The zero-order chi connectivity index (χ0) is 29.1. The molecule has 206 valence electrons. The van der Waals surface area contributed by atoms with Crippen molar-refractivity contribution in [1.82, 2.24) is 0 Å². The summed E-state index contributed by atoms with van der Waals surface area (Å²) in [4.78, 5) is 46.7. The van der Waals surface area contributed by atoms with Crippen molar-refractivity contribution in [1.29, 1.82) is 0 Å². The predicted octanol–water partition coefficient (Wildman–Crippen LogP) is 4.53. The number of benzene rings is 3. The SMILES string of the molecule is C=CC(=O)OCOc1ccc(C(=O)Oc2ccc(OC(=O)c3ccc(OCOC(=O)C=C)cc3F)cc2)c(F)c1. The minimum atomic E-state index is -1.02. The molecule has 3 rings (SSSR count). The Labute approximate surface area is 225 Å². The Balaban J connectivity index is 1.55. The second kappa shape index (κ2) is 13.9. The van der Waals surface area contributed by atoms with Crippen LogP contribution in [0.15, 0.2) is 86.0 Å². The third-order valence-electron chi connectivity index (χ3n) is 4.75. The first-order valence-corrected chi connectivity index (χ1v) is 11.2. The molecule has 0 amide bonds. The smallest absolute Gasteiger partial charge is 0.346 e. The minimum absolute atomic E-state index is 0.00436. The average molecular weight is 554 g/mol. The molecule has 3 aromatic carbocycles. The van der Waals surface area contributed by atoms with Crippen LogP contribution in [0.1, 0.15) is 20.7 Å². The normalized spacial score (nSPS) is 10.1. The van der Waals surface area contributed by atoms with Crippen LogP contribution in [0.3, 0.4) is 0 Å². The lowest BCUT2D eigenvalue weighted by molar-refractivity contribution is -0.145. The summed E-state index contributed by atoms with van der Waals surface area (Å²) in [7, 11) is 0. The number of halogens is 2. The highest BCUT2D eigenvalue weighted by atomic mass is 19.1. The average Bonchev–Trinajstić information content (AvgIpc) is 2.93. The lowest BCUT2D eigenvalue weighted by atomic mass is 10.2. The van der Waals surface area contributed by atoms with E-state index in [-0.39, 0.29) is 23.0 Å². The van der Waals surface area contributed by atoms with Crippen molar-refractivity contribution in [2.24, 2.45) is 0 Å². The molecule has 0 spiro atoms. The minimum Gasteiger partial charge on any atom is -0.457 e. The van der Waals surface area contributed by atoms with Crippen LogP contribution in [-0.2, 0) is 19.1 Å². The molecule has 0 aliphatic rings. The van der Waals surface area contributed by atoms with Gasteiger partial charge in [0.25, 0.3) is 0 Å². The third-order valence-corrected chi connectivity index (χ3v) is 4.75. The monoisotopic (exact) mass is 554 g/mol. The van der Waals surface area contributed by atoms with Crippen molar-refractivity contribution in [3.05, 3.63) is 109 Å². The fourth-order valence-electron chi connectivity index (χ4n) is 2.83. The van der Waals surface area contributed by atoms with Crippen molar-refractivity contribution >= 4 is 23.9 Å². The van der Waals surface area contributed by atoms with Crippen molar-refractivity contribution in [3.63, 3.8) is 0 Å². The van der Waals surface area contributed by atoms with Crippen LogP contribution in [0.2, 0.25) is 0 Å². The second-order valence-electron chi connectivity index (χ2n) is 7.39. The molecule has 0 aromatic heterocycles. The van der Waals surface area contributed by atoms with Crippen molar-refractivity contribution in [2.45, 2.75) is 0 Å². The highest BCUT2D eigenvalue weighted by Crippen LogP contribution is 2.23. The van der Waals surface area contributed by atoms with Gasteiger partial charge in [0.2, 0.25) is 13.6 Å². The number of esters is 4. The van der Waals surface area contributed by atoms with Crippen LogP contribution in [0.25, 0.3) is 0 Å². The molecule has 40 heavy (non-hydrogen) atoms. The molecule has 0 radical (unpaired) electrons. The molecule has 0 aliphatic carbocycles. The molecule has 0 bridgehead atoms. The number of ether oxygens (including phenoxy) is 6. The summed E-state index contributed by atoms with van der Waals surface area (Å²) in [6, 6.07) is 11.7. The maximum absolute atomic E-state index is 14.4. The van der Waals surface area contributed by atoms with E-state index in [1.165, 1.54) is 36.4 Å². The Morgan fingerprint density at radius 3 is 1.27 bits per heavy atom. The van der Waals surface area contributed by atoms with Gasteiger partial charge in [-0.25, -0.2) is 28.0 Å². The van der Waals surface area contributed by atoms with Gasteiger partial charge in [-0.1, -0.05) is 13.2 Å². The van der Waals surface area contributed by atoms with Crippen LogP contribution >= 0.6 is 0 Å². The van der Waals surface area contributed by atoms with Crippen molar-refractivity contribution < 1.29 is 56.4 Å². The topological polar surface area (TPSA) is 124 Å². The molecule has 0 N–H and O–H groups in total. The van der Waals surface area contributed by atoms with E-state index in [9.17, 15) is 28.0 Å². The number of hydrogen-bond donors (Lipinski definition) is 0. The molecule has 0 heterocycles. The van der Waals surface area contributed by atoms with E-state index < -0.39 is 60.2 Å². The first-order valence-electron chi connectivity index (χ1n) is 11.2. The molecule has 10 nitrogen and oxygen atoms in total. The standard InChI is InChI=1S/C28H20F2O10/c1-3-25(31)37-15-35-19-9-11-21(23(29)13-19)27(33)39-17-5-7-18(8-6-17)40-28(34)22-12-10-20(14-24(22)30)36-16-38-26(32)4-2/h3-14H,1-2,15-16H2. The molecule has 0 fully saturated rings. The van der Waals surface area contributed by atoms with Gasteiger partial charge in [-0.3, -0.25) is 0 Å². The quantitative estimate of drug-likeness (QED) is 0.136. The van der Waals surface area contributed by atoms with E-state index in [0.717, 1.165) is 36.4 Å². The summed E-state index contributed by atoms with van der Waals surface area (Å²) in [5.74, 6) is -5.35. The van der Waals surface area contributed by atoms with E-state index in [1.807, 2.05) is 0 Å². The van der Waals surface area contributed by atoms with Crippen LogP contribution in [0.5, 0.6) is 23.0 Å². The summed E-state index contributed by atoms with van der Waals surface area (Å²) in [6.45, 7) is 5.48. The van der Waals surface area contributed by atoms with Crippen LogP contribution in [0, 0.1) is 11.6 Å². The van der Waals surface area contributed by atoms with Crippen molar-refractivity contribution in [3.8, 4) is 23.0 Å². The number of carbonyl (C=O) groups excluding carboxylic acids is 4. The molecule has 0 aliphatic heterocycles. The maximum atomic E-state index is 14.4. The largest absolute Gasteiger partial charge is 0.457 e. The highest BCUT2D eigenvalue weighted by Gasteiger charge is 2.17. The maximum Gasteiger partial charge on any atom is 0.346 e. The summed E-state index contributed by atoms with van der Waals surface area (Å²) in [6.07, 6.45) is 1.87. The lowest BCUT2D eigenvalue weighted by Crippen LogP contribution is -2.12. The Hall–Kier alpha value is -5.52. The summed E-state index contributed by atoms with van der Waals surface area (Å²) < 4.78 is 58.3. The molecule has 3 aromatic rings. The summed E-state index contributed by atoms with van der Waals surface area (Å²) in [5.41, 5.74) is -0.791. The molecule has 12 heteroatoms. The highest BCUT2D eigenvalue weighted by molar-refractivity contribution is 5.92. The van der Waals surface area contributed by atoms with E-state index in [1.54, 1.807) is 0 Å². The number of rotatable bonds is 12. The molecule has 0 atom stereocenters. The Bertz CT molecular complexity index is 1330. The fourth-order valence-corrected chi connectivity index (χ4v) is 2.83. The first kappa shape index (κ1) is 29.0. The fraction of sp³-hybridized carbons (Fsp3) is 0.0714. The van der Waals surface area contributed by atoms with Crippen LogP contribution in [-0.4, -0.2) is 37.5 Å².